The predicted molar refractivity (Wildman–Crippen MR) is 85.0 cm³/mol. The lowest BCUT2D eigenvalue weighted by molar-refractivity contribution is -0.132. The standard InChI is InChI=1S/C17H32N2O2/c1-4-6-11-15-17(20)19(12-13(3)21-5-2)16(18-15)14-9-7-8-10-14/h13-16,18H,4-12H2,1-3H3. The van der Waals surface area contributed by atoms with Gasteiger partial charge >= 0.3 is 0 Å². The van der Waals surface area contributed by atoms with Crippen LogP contribution in [0, 0.1) is 5.92 Å². The fourth-order valence-corrected chi connectivity index (χ4v) is 3.80. The number of unbranched alkanes of at least 4 members (excludes halogenated alkanes) is 1. The molecule has 0 radical (unpaired) electrons. The lowest BCUT2D eigenvalue weighted by Crippen LogP contribution is -2.45. The summed E-state index contributed by atoms with van der Waals surface area (Å²) in [5.41, 5.74) is 0. The topological polar surface area (TPSA) is 41.6 Å². The van der Waals surface area contributed by atoms with E-state index in [1.807, 2.05) is 6.92 Å². The van der Waals surface area contributed by atoms with Crippen molar-refractivity contribution in [3.05, 3.63) is 0 Å². The van der Waals surface area contributed by atoms with Crippen LogP contribution in [0.15, 0.2) is 0 Å². The molecule has 122 valence electrons. The molecule has 2 rings (SSSR count). The first-order valence-electron chi connectivity index (χ1n) is 8.85. The minimum absolute atomic E-state index is 0.0318. The first kappa shape index (κ1) is 16.8. The van der Waals surface area contributed by atoms with Gasteiger partial charge in [0.1, 0.15) is 0 Å². The highest BCUT2D eigenvalue weighted by atomic mass is 16.5. The summed E-state index contributed by atoms with van der Waals surface area (Å²) in [6.45, 7) is 7.71. The Labute approximate surface area is 129 Å². The molecule has 1 saturated carbocycles. The van der Waals surface area contributed by atoms with Gasteiger partial charge < -0.3 is 9.64 Å². The van der Waals surface area contributed by atoms with Crippen LogP contribution in [0.1, 0.15) is 65.7 Å². The second kappa shape index (κ2) is 8.14. The van der Waals surface area contributed by atoms with Gasteiger partial charge in [-0.3, -0.25) is 10.1 Å². The smallest absolute Gasteiger partial charge is 0.241 e. The largest absolute Gasteiger partial charge is 0.377 e. The van der Waals surface area contributed by atoms with E-state index in [1.54, 1.807) is 0 Å². The number of carbonyl (C=O) groups is 1. The molecular formula is C17H32N2O2. The Bertz CT molecular complexity index is 329. The van der Waals surface area contributed by atoms with Crippen LogP contribution in [0.25, 0.3) is 0 Å². The maximum Gasteiger partial charge on any atom is 0.241 e. The van der Waals surface area contributed by atoms with E-state index in [0.717, 1.165) is 25.8 Å². The van der Waals surface area contributed by atoms with E-state index >= 15 is 0 Å². The van der Waals surface area contributed by atoms with Gasteiger partial charge in [0.05, 0.1) is 18.3 Å². The molecule has 1 saturated heterocycles. The lowest BCUT2D eigenvalue weighted by atomic mass is 10.0. The van der Waals surface area contributed by atoms with Crippen LogP contribution in [0.3, 0.4) is 0 Å². The summed E-state index contributed by atoms with van der Waals surface area (Å²) in [7, 11) is 0. The number of hydrogen-bond donors (Lipinski definition) is 1. The number of ether oxygens (including phenoxy) is 1. The molecule has 0 aromatic carbocycles. The van der Waals surface area contributed by atoms with E-state index in [9.17, 15) is 4.79 Å². The van der Waals surface area contributed by atoms with E-state index in [1.165, 1.54) is 25.7 Å². The summed E-state index contributed by atoms with van der Waals surface area (Å²) < 4.78 is 5.66. The van der Waals surface area contributed by atoms with Crippen molar-refractivity contribution in [2.24, 2.45) is 5.92 Å². The highest BCUT2D eigenvalue weighted by Gasteiger charge is 2.43. The molecule has 0 aromatic heterocycles. The van der Waals surface area contributed by atoms with Crippen molar-refractivity contribution in [3.63, 3.8) is 0 Å². The van der Waals surface area contributed by atoms with Crippen molar-refractivity contribution in [1.82, 2.24) is 10.2 Å². The van der Waals surface area contributed by atoms with Crippen molar-refractivity contribution >= 4 is 5.91 Å². The van der Waals surface area contributed by atoms with E-state index < -0.39 is 0 Å². The second-order valence-electron chi connectivity index (χ2n) is 6.61. The first-order valence-corrected chi connectivity index (χ1v) is 8.85. The predicted octanol–water partition coefficient (Wildman–Crippen LogP) is 2.92. The number of rotatable bonds is 8. The van der Waals surface area contributed by atoms with Crippen LogP contribution < -0.4 is 5.32 Å². The summed E-state index contributed by atoms with van der Waals surface area (Å²) in [6, 6.07) is 0.0318. The molecule has 0 spiro atoms. The van der Waals surface area contributed by atoms with Crippen LogP contribution >= 0.6 is 0 Å². The third-order valence-electron chi connectivity index (χ3n) is 4.89. The van der Waals surface area contributed by atoms with Crippen molar-refractivity contribution < 1.29 is 9.53 Å². The third kappa shape index (κ3) is 4.19. The summed E-state index contributed by atoms with van der Waals surface area (Å²) >= 11 is 0. The molecule has 0 aromatic rings. The van der Waals surface area contributed by atoms with Crippen LogP contribution in [0.5, 0.6) is 0 Å². The molecule has 3 atom stereocenters. The number of nitrogens with one attached hydrogen (secondary N) is 1. The van der Waals surface area contributed by atoms with Gasteiger partial charge in [-0.25, -0.2) is 0 Å². The molecule has 3 unspecified atom stereocenters. The van der Waals surface area contributed by atoms with Crippen LogP contribution in [-0.2, 0) is 9.53 Å². The van der Waals surface area contributed by atoms with Crippen LogP contribution in [0.4, 0.5) is 0 Å². The lowest BCUT2D eigenvalue weighted by Gasteiger charge is -2.31. The Balaban J connectivity index is 2.01. The highest BCUT2D eigenvalue weighted by molar-refractivity contribution is 5.84. The Morgan fingerprint density at radius 1 is 1.33 bits per heavy atom. The summed E-state index contributed by atoms with van der Waals surface area (Å²) in [5, 5.41) is 3.64. The number of hydrogen-bond acceptors (Lipinski definition) is 3. The van der Waals surface area contributed by atoms with E-state index in [0.29, 0.717) is 18.4 Å². The molecule has 0 bridgehead atoms. The van der Waals surface area contributed by atoms with Gasteiger partial charge in [-0.05, 0) is 39.0 Å². The third-order valence-corrected chi connectivity index (χ3v) is 4.89. The van der Waals surface area contributed by atoms with E-state index in [4.69, 9.17) is 4.74 Å². The molecular weight excluding hydrogens is 264 g/mol. The maximum absolute atomic E-state index is 12.7. The first-order chi connectivity index (χ1) is 10.2. The SMILES string of the molecule is CCCCC1NC(C2CCCC2)N(CC(C)OCC)C1=O. The van der Waals surface area contributed by atoms with Crippen LogP contribution in [-0.4, -0.2) is 42.3 Å². The van der Waals surface area contributed by atoms with Gasteiger partial charge in [0.2, 0.25) is 5.91 Å². The fourth-order valence-electron chi connectivity index (χ4n) is 3.80. The van der Waals surface area contributed by atoms with Crippen molar-refractivity contribution in [2.45, 2.75) is 84.0 Å². The molecule has 2 fully saturated rings. The zero-order chi connectivity index (χ0) is 15.2. The molecule has 2 aliphatic rings. The summed E-state index contributed by atoms with van der Waals surface area (Å²) in [5.74, 6) is 0.932. The average Bonchev–Trinajstić information content (AvgIpc) is 3.07. The molecule has 1 N–H and O–H groups in total. The van der Waals surface area contributed by atoms with E-state index in [2.05, 4.69) is 24.1 Å². The minimum Gasteiger partial charge on any atom is -0.377 e. The van der Waals surface area contributed by atoms with Crippen molar-refractivity contribution in [2.75, 3.05) is 13.2 Å². The van der Waals surface area contributed by atoms with Gasteiger partial charge in [-0.15, -0.1) is 0 Å². The number of nitrogens with zero attached hydrogens (tertiary/aromatic N) is 1. The zero-order valence-corrected chi connectivity index (χ0v) is 13.9. The van der Waals surface area contributed by atoms with Gasteiger partial charge in [0.25, 0.3) is 0 Å². The molecule has 21 heavy (non-hydrogen) atoms. The quantitative estimate of drug-likeness (QED) is 0.749. The minimum atomic E-state index is 0.0318. The van der Waals surface area contributed by atoms with E-state index in [-0.39, 0.29) is 18.3 Å². The molecule has 1 heterocycles. The highest BCUT2D eigenvalue weighted by Crippen LogP contribution is 2.32. The fraction of sp³-hybridized carbons (Fsp3) is 0.941. The molecule has 1 aliphatic heterocycles. The van der Waals surface area contributed by atoms with Crippen molar-refractivity contribution in [3.8, 4) is 0 Å². The average molecular weight is 296 g/mol. The Morgan fingerprint density at radius 3 is 2.67 bits per heavy atom. The summed E-state index contributed by atoms with van der Waals surface area (Å²) in [4.78, 5) is 14.8. The van der Waals surface area contributed by atoms with Crippen molar-refractivity contribution in [1.29, 1.82) is 0 Å². The van der Waals surface area contributed by atoms with Gasteiger partial charge in [-0.2, -0.15) is 0 Å². The molecule has 4 heteroatoms. The Morgan fingerprint density at radius 2 is 2.05 bits per heavy atom. The molecule has 1 amide bonds. The summed E-state index contributed by atoms with van der Waals surface area (Å²) in [6.07, 6.45) is 8.73. The van der Waals surface area contributed by atoms with Gasteiger partial charge in [0, 0.05) is 13.2 Å². The number of carbonyl (C=O) groups excluding carboxylic acids is 1. The molecule has 1 aliphatic carbocycles. The van der Waals surface area contributed by atoms with Gasteiger partial charge in [0.15, 0.2) is 0 Å². The Kier molecular flexibility index (Phi) is 6.49. The zero-order valence-electron chi connectivity index (χ0n) is 13.9. The maximum atomic E-state index is 12.7. The second-order valence-corrected chi connectivity index (χ2v) is 6.61. The normalized spacial score (nSPS) is 28.5. The van der Waals surface area contributed by atoms with Gasteiger partial charge in [-0.1, -0.05) is 32.6 Å². The molecule has 4 nitrogen and oxygen atoms in total. The monoisotopic (exact) mass is 296 g/mol. The van der Waals surface area contributed by atoms with Crippen LogP contribution in [0.2, 0.25) is 0 Å². The number of amides is 1. The Hall–Kier alpha value is -0.610.